The molecular weight excluding hydrogens is 374 g/mol. The molecule has 5 nitrogen and oxygen atoms in total. The lowest BCUT2D eigenvalue weighted by Gasteiger charge is -2.38. The van der Waals surface area contributed by atoms with Crippen LogP contribution in [-0.2, 0) is 11.3 Å². The Hall–Kier alpha value is -2.66. The summed E-state index contributed by atoms with van der Waals surface area (Å²) in [5, 5.41) is 0. The van der Waals surface area contributed by atoms with Crippen LogP contribution in [0.4, 0.5) is 0 Å². The summed E-state index contributed by atoms with van der Waals surface area (Å²) in [6.45, 7) is 9.11. The number of likely N-dealkylation sites (tertiary alicyclic amines) is 1. The van der Waals surface area contributed by atoms with Crippen LogP contribution in [0.5, 0.6) is 0 Å². The fourth-order valence-corrected chi connectivity index (χ4v) is 4.21. The lowest BCUT2D eigenvalue weighted by Crippen LogP contribution is -2.50. The minimum Gasteiger partial charge on any atom is -0.440 e. The zero-order chi connectivity index (χ0) is 21.1. The van der Waals surface area contributed by atoms with Crippen molar-refractivity contribution in [2.45, 2.75) is 51.6 Å². The van der Waals surface area contributed by atoms with Crippen LogP contribution in [0, 0.1) is 0 Å². The van der Waals surface area contributed by atoms with Gasteiger partial charge in [0.2, 0.25) is 5.91 Å². The van der Waals surface area contributed by atoms with E-state index in [9.17, 15) is 4.79 Å². The number of benzene rings is 2. The van der Waals surface area contributed by atoms with Gasteiger partial charge in [0.1, 0.15) is 5.52 Å². The molecule has 0 spiro atoms. The summed E-state index contributed by atoms with van der Waals surface area (Å²) >= 11 is 0. The van der Waals surface area contributed by atoms with Crippen LogP contribution in [0.3, 0.4) is 0 Å². The second kappa shape index (κ2) is 8.60. The van der Waals surface area contributed by atoms with Gasteiger partial charge in [0, 0.05) is 24.5 Å². The molecule has 1 aromatic heterocycles. The van der Waals surface area contributed by atoms with E-state index in [0.29, 0.717) is 13.1 Å². The number of carbonyl (C=O) groups is 1. The van der Waals surface area contributed by atoms with Crippen LogP contribution >= 0.6 is 0 Å². The molecule has 1 saturated heterocycles. The number of nitrogens with zero attached hydrogens (tertiary/aromatic N) is 3. The number of amides is 1. The third kappa shape index (κ3) is 4.73. The van der Waals surface area contributed by atoms with Gasteiger partial charge in [-0.15, -0.1) is 0 Å². The normalized spacial score (nSPS) is 17.9. The summed E-state index contributed by atoms with van der Waals surface area (Å²) < 4.78 is 6.01. The molecule has 0 bridgehead atoms. The molecule has 1 unspecified atom stereocenters. The van der Waals surface area contributed by atoms with Crippen molar-refractivity contribution >= 4 is 17.0 Å². The van der Waals surface area contributed by atoms with E-state index in [1.54, 1.807) is 0 Å². The van der Waals surface area contributed by atoms with E-state index in [4.69, 9.17) is 9.40 Å². The summed E-state index contributed by atoms with van der Waals surface area (Å²) in [6.07, 6.45) is 2.09. The first kappa shape index (κ1) is 20.6. The Morgan fingerprint density at radius 3 is 2.60 bits per heavy atom. The molecule has 1 aliphatic rings. The Kier molecular flexibility index (Phi) is 5.91. The van der Waals surface area contributed by atoms with Gasteiger partial charge in [0.15, 0.2) is 11.5 Å². The summed E-state index contributed by atoms with van der Waals surface area (Å²) in [6, 6.07) is 18.1. The highest BCUT2D eigenvalue weighted by atomic mass is 16.3. The van der Waals surface area contributed by atoms with Crippen LogP contribution in [0.15, 0.2) is 59.0 Å². The van der Waals surface area contributed by atoms with Crippen molar-refractivity contribution in [3.63, 3.8) is 0 Å². The van der Waals surface area contributed by atoms with E-state index in [2.05, 4.69) is 37.8 Å². The van der Waals surface area contributed by atoms with Crippen molar-refractivity contribution in [3.05, 3.63) is 66.1 Å². The summed E-state index contributed by atoms with van der Waals surface area (Å²) in [7, 11) is 0. The van der Waals surface area contributed by atoms with Gasteiger partial charge >= 0.3 is 0 Å². The molecule has 1 amide bonds. The molecule has 1 aliphatic heterocycles. The molecule has 0 saturated carbocycles. The molecule has 1 atom stereocenters. The second-order valence-electron chi connectivity index (χ2n) is 9.23. The van der Waals surface area contributed by atoms with Gasteiger partial charge < -0.3 is 9.32 Å². The number of fused-ring (bicyclic) bond motifs is 1. The maximum atomic E-state index is 13.3. The molecule has 1 fully saturated rings. The first-order chi connectivity index (χ1) is 14.4. The fraction of sp³-hybridized carbons (Fsp3) is 0.440. The molecule has 0 radical (unpaired) electrons. The van der Waals surface area contributed by atoms with Crippen molar-refractivity contribution < 1.29 is 9.21 Å². The number of aromatic nitrogens is 1. The van der Waals surface area contributed by atoms with Crippen molar-refractivity contribution in [1.29, 1.82) is 0 Å². The van der Waals surface area contributed by atoms with Gasteiger partial charge in [0.05, 0.1) is 6.54 Å². The number of hydrogen-bond donors (Lipinski definition) is 0. The lowest BCUT2D eigenvalue weighted by atomic mass is 9.97. The monoisotopic (exact) mass is 405 g/mol. The highest BCUT2D eigenvalue weighted by molar-refractivity contribution is 5.79. The standard InChI is InChI=1S/C25H31N3O2/c1-25(2,3)28(16-19-10-5-4-6-11-19)23(29)18-27-15-9-12-20(17-27)24-26-21-13-7-8-14-22(21)30-24/h4-8,10-11,13-14,20H,9,12,15-18H2,1-3H3. The highest BCUT2D eigenvalue weighted by Gasteiger charge is 2.31. The van der Waals surface area contributed by atoms with E-state index in [-0.39, 0.29) is 17.4 Å². The first-order valence-corrected chi connectivity index (χ1v) is 10.8. The zero-order valence-corrected chi connectivity index (χ0v) is 18.2. The van der Waals surface area contributed by atoms with E-state index in [1.165, 1.54) is 0 Å². The van der Waals surface area contributed by atoms with E-state index < -0.39 is 0 Å². The van der Waals surface area contributed by atoms with Crippen molar-refractivity contribution in [2.75, 3.05) is 19.6 Å². The molecule has 0 N–H and O–H groups in total. The first-order valence-electron chi connectivity index (χ1n) is 10.8. The average molecular weight is 406 g/mol. The largest absolute Gasteiger partial charge is 0.440 e. The number of oxazole rings is 1. The molecule has 5 heteroatoms. The number of rotatable bonds is 5. The molecule has 2 heterocycles. The van der Waals surface area contributed by atoms with Crippen LogP contribution < -0.4 is 0 Å². The van der Waals surface area contributed by atoms with E-state index >= 15 is 0 Å². The molecule has 0 aliphatic carbocycles. The van der Waals surface area contributed by atoms with Crippen LogP contribution in [0.25, 0.3) is 11.1 Å². The summed E-state index contributed by atoms with van der Waals surface area (Å²) in [5.74, 6) is 1.20. The Bertz CT molecular complexity index is 957. The predicted octanol–water partition coefficient (Wildman–Crippen LogP) is 4.83. The summed E-state index contributed by atoms with van der Waals surface area (Å²) in [5.41, 5.74) is 2.66. The van der Waals surface area contributed by atoms with Crippen molar-refractivity contribution in [3.8, 4) is 0 Å². The SMILES string of the molecule is CC(C)(C)N(Cc1ccccc1)C(=O)CN1CCCC(c2nc3ccccc3o2)C1. The van der Waals surface area contributed by atoms with E-state index in [0.717, 1.165) is 48.5 Å². The number of hydrogen-bond acceptors (Lipinski definition) is 4. The number of piperidine rings is 1. The molecule has 4 rings (SSSR count). The zero-order valence-electron chi connectivity index (χ0n) is 18.2. The number of carbonyl (C=O) groups excluding carboxylic acids is 1. The Morgan fingerprint density at radius 1 is 1.13 bits per heavy atom. The fourth-order valence-electron chi connectivity index (χ4n) is 4.21. The third-order valence-corrected chi connectivity index (χ3v) is 5.82. The Balaban J connectivity index is 1.44. The van der Waals surface area contributed by atoms with E-state index in [1.807, 2.05) is 47.4 Å². The van der Waals surface area contributed by atoms with Crippen LogP contribution in [-0.4, -0.2) is 45.9 Å². The van der Waals surface area contributed by atoms with Gasteiger partial charge in [-0.25, -0.2) is 4.98 Å². The van der Waals surface area contributed by atoms with Crippen molar-refractivity contribution in [1.82, 2.24) is 14.8 Å². The van der Waals surface area contributed by atoms with Gasteiger partial charge in [-0.05, 0) is 57.9 Å². The molecular formula is C25H31N3O2. The van der Waals surface area contributed by atoms with Gasteiger partial charge in [-0.1, -0.05) is 42.5 Å². The average Bonchev–Trinajstić information content (AvgIpc) is 3.16. The number of para-hydroxylation sites is 2. The second-order valence-corrected chi connectivity index (χ2v) is 9.23. The third-order valence-electron chi connectivity index (χ3n) is 5.82. The minimum absolute atomic E-state index is 0.171. The molecule has 158 valence electrons. The molecule has 3 aromatic rings. The van der Waals surface area contributed by atoms with Gasteiger partial charge in [-0.2, -0.15) is 0 Å². The maximum Gasteiger partial charge on any atom is 0.237 e. The molecule has 2 aromatic carbocycles. The highest BCUT2D eigenvalue weighted by Crippen LogP contribution is 2.29. The van der Waals surface area contributed by atoms with Gasteiger partial charge in [0.25, 0.3) is 0 Å². The van der Waals surface area contributed by atoms with Crippen molar-refractivity contribution in [2.24, 2.45) is 0 Å². The van der Waals surface area contributed by atoms with Crippen LogP contribution in [0.1, 0.15) is 51.0 Å². The van der Waals surface area contributed by atoms with Crippen LogP contribution in [0.2, 0.25) is 0 Å². The predicted molar refractivity (Wildman–Crippen MR) is 119 cm³/mol. The quantitative estimate of drug-likeness (QED) is 0.610. The van der Waals surface area contributed by atoms with Gasteiger partial charge in [-0.3, -0.25) is 9.69 Å². The maximum absolute atomic E-state index is 13.3. The lowest BCUT2D eigenvalue weighted by molar-refractivity contribution is -0.138. The minimum atomic E-state index is -0.234. The molecule has 30 heavy (non-hydrogen) atoms. The summed E-state index contributed by atoms with van der Waals surface area (Å²) in [4.78, 5) is 22.2. The topological polar surface area (TPSA) is 49.6 Å². The smallest absolute Gasteiger partial charge is 0.237 e. The Morgan fingerprint density at radius 2 is 1.87 bits per heavy atom. The Labute approximate surface area is 178 Å².